The number of aliphatic hydroxyl groups is 1. The summed E-state index contributed by atoms with van der Waals surface area (Å²) in [6.07, 6.45) is 8.54. The van der Waals surface area contributed by atoms with Crippen LogP contribution in [0.1, 0.15) is 89.3 Å². The van der Waals surface area contributed by atoms with E-state index in [1.807, 2.05) is 41.3 Å². The summed E-state index contributed by atoms with van der Waals surface area (Å²) in [5.41, 5.74) is 10.7. The number of phenolic OH excluding ortho intramolecular Hbond substituents is 1. The molecule has 0 saturated heterocycles. The third kappa shape index (κ3) is 9.69. The van der Waals surface area contributed by atoms with Crippen LogP contribution in [0.25, 0.3) is 0 Å². The third-order valence-electron chi connectivity index (χ3n) is 10.4. The average Bonchev–Trinajstić information content (AvgIpc) is 3.40. The Morgan fingerprint density at radius 3 is 2.68 bits per heavy atom. The second kappa shape index (κ2) is 17.8. The number of nitrogens with zero attached hydrogens (tertiary/aromatic N) is 3. The van der Waals surface area contributed by atoms with Crippen molar-refractivity contribution in [3.8, 4) is 11.5 Å². The first-order valence-electron chi connectivity index (χ1n) is 16.4. The molecule has 6 atom stereocenters. The Morgan fingerprint density at radius 1 is 1.16 bits per heavy atom. The van der Waals surface area contributed by atoms with Crippen molar-refractivity contribution in [1.82, 2.24) is 15.8 Å². The monoisotopic (exact) mass is 751 g/mol. The fraction of sp³-hybridized carbons (Fsp3) is 0.571. The smallest absolute Gasteiger partial charge is 0.363 e. The van der Waals surface area contributed by atoms with Crippen LogP contribution in [0.4, 0.5) is 0 Å². The van der Waals surface area contributed by atoms with E-state index in [9.17, 15) is 29.5 Å². The lowest BCUT2D eigenvalue weighted by atomic mass is 9.55. The van der Waals surface area contributed by atoms with E-state index in [2.05, 4.69) is 28.9 Å². The molecule has 3 aliphatic rings. The van der Waals surface area contributed by atoms with Crippen molar-refractivity contribution < 1.29 is 34.2 Å². The molecule has 6 unspecified atom stereocenters. The van der Waals surface area contributed by atoms with Gasteiger partial charge in [0.2, 0.25) is 10.2 Å². The van der Waals surface area contributed by atoms with Crippen LogP contribution in [0, 0.1) is 17.3 Å². The van der Waals surface area contributed by atoms with E-state index < -0.39 is 21.5 Å². The molecule has 5 rings (SSSR count). The van der Waals surface area contributed by atoms with E-state index in [1.54, 1.807) is 13.3 Å². The summed E-state index contributed by atoms with van der Waals surface area (Å²) < 4.78 is 17.3. The maximum absolute atomic E-state index is 11.5. The molecule has 0 amide bonds. The van der Waals surface area contributed by atoms with Crippen LogP contribution >= 0.6 is 28.6 Å². The molecule has 2 saturated carbocycles. The second-order valence-corrected chi connectivity index (χ2v) is 17.2. The normalized spacial score (nSPS) is 24.9. The number of aryl methyl sites for hydroxylation is 1. The van der Waals surface area contributed by atoms with Gasteiger partial charge >= 0.3 is 7.60 Å². The number of thiocarbonyl (C=S) groups is 1. The van der Waals surface area contributed by atoms with E-state index in [0.717, 1.165) is 44.1 Å². The molecule has 278 valence electrons. The highest BCUT2D eigenvalue weighted by atomic mass is 32.1. The SMILES string of the molecule is C.C.CN(CCCOc1cccc(/C=N/NC(=S)N/N=C2\CCC3C4CCc5cc(O)ccc5C4CCC23C)c1)CCC(O)(PO)P(=O)(O)O. The van der Waals surface area contributed by atoms with Gasteiger partial charge in [0, 0.05) is 30.6 Å². The van der Waals surface area contributed by atoms with E-state index in [1.165, 1.54) is 16.8 Å². The van der Waals surface area contributed by atoms with Crippen molar-refractivity contribution in [3.05, 3.63) is 59.2 Å². The number of rotatable bonds is 13. The number of aromatic hydroxyl groups is 1. The quantitative estimate of drug-likeness (QED) is 0.0428. The van der Waals surface area contributed by atoms with E-state index in [-0.39, 0.29) is 33.2 Å². The molecule has 2 aromatic carbocycles. The Hall–Kier alpha value is -2.47. The molecule has 0 aliphatic heterocycles. The van der Waals surface area contributed by atoms with Crippen molar-refractivity contribution in [2.45, 2.75) is 84.1 Å². The number of ether oxygens (including phenoxy) is 1. The fourth-order valence-electron chi connectivity index (χ4n) is 7.78. The second-order valence-electron chi connectivity index (χ2n) is 13.5. The highest BCUT2D eigenvalue weighted by Gasteiger charge is 2.53. The molecular weight excluding hydrogens is 696 g/mol. The zero-order valence-electron chi connectivity index (χ0n) is 27.4. The topological polar surface area (TPSA) is 179 Å². The Morgan fingerprint density at radius 2 is 1.94 bits per heavy atom. The van der Waals surface area contributed by atoms with Gasteiger partial charge in [-0.2, -0.15) is 10.2 Å². The lowest BCUT2D eigenvalue weighted by molar-refractivity contribution is 0.0954. The molecular formula is C35H55N5O7P2S. The van der Waals surface area contributed by atoms with Crippen molar-refractivity contribution in [1.29, 1.82) is 0 Å². The van der Waals surface area contributed by atoms with Gasteiger partial charge in [-0.25, -0.2) is 0 Å². The minimum atomic E-state index is -4.83. The molecule has 0 spiro atoms. The summed E-state index contributed by atoms with van der Waals surface area (Å²) in [5, 5.41) is 27.0. The molecule has 3 aliphatic carbocycles. The summed E-state index contributed by atoms with van der Waals surface area (Å²) in [6.45, 7) is 3.57. The first kappa shape index (κ1) is 41.9. The van der Waals surface area contributed by atoms with Gasteiger partial charge in [-0.15, -0.1) is 0 Å². The van der Waals surface area contributed by atoms with E-state index in [4.69, 9.17) is 22.1 Å². The molecule has 50 heavy (non-hydrogen) atoms. The number of fused-ring (bicyclic) bond motifs is 5. The van der Waals surface area contributed by atoms with Gasteiger partial charge in [-0.05, 0) is 123 Å². The minimum Gasteiger partial charge on any atom is -0.508 e. The van der Waals surface area contributed by atoms with Crippen LogP contribution in [-0.2, 0) is 11.0 Å². The summed E-state index contributed by atoms with van der Waals surface area (Å²) in [6, 6.07) is 13.4. The molecule has 0 aromatic heterocycles. The number of benzene rings is 2. The predicted molar refractivity (Wildman–Crippen MR) is 206 cm³/mol. The number of hydrazone groups is 2. The van der Waals surface area contributed by atoms with Crippen molar-refractivity contribution >= 4 is 45.7 Å². The molecule has 0 heterocycles. The van der Waals surface area contributed by atoms with Gasteiger partial charge in [0.25, 0.3) is 0 Å². The van der Waals surface area contributed by atoms with Crippen molar-refractivity contribution in [3.63, 3.8) is 0 Å². The van der Waals surface area contributed by atoms with Gasteiger partial charge in [-0.3, -0.25) is 15.4 Å². The molecule has 0 radical (unpaired) electrons. The molecule has 12 nitrogen and oxygen atoms in total. The number of hydrogen-bond donors (Lipinski definition) is 7. The van der Waals surface area contributed by atoms with Gasteiger partial charge < -0.3 is 34.5 Å². The standard InChI is InChI=1S/C33H47N5O7P2S.2CH4/c1-32-14-13-27-26-10-8-24(39)20-23(26)7-9-28(27)29(32)11-12-30(32)35-37-31(48)36-34-21-22-5-3-6-25(19-22)45-18-4-16-38(2)17-15-33(40,46-41)47(42,43)44;;/h3,5-6,8,10,19-21,27-29,39-41,46H,4,7,9,11-18H2,1-2H3,(H2,36,37,48)(H2,42,43,44);2*1H4/b34-21+,35-30+;;. The van der Waals surface area contributed by atoms with Crippen LogP contribution < -0.4 is 15.6 Å². The Bertz CT molecular complexity index is 1580. The van der Waals surface area contributed by atoms with Gasteiger partial charge in [0.05, 0.1) is 21.6 Å². The minimum absolute atomic E-state index is 0. The predicted octanol–water partition coefficient (Wildman–Crippen LogP) is 5.88. The maximum atomic E-state index is 11.5. The molecule has 2 fully saturated rings. The first-order chi connectivity index (χ1) is 22.8. The van der Waals surface area contributed by atoms with Crippen LogP contribution in [-0.4, -0.2) is 78.7 Å². The Labute approximate surface area is 303 Å². The molecule has 15 heteroatoms. The number of phenols is 1. The zero-order chi connectivity index (χ0) is 34.5. The van der Waals surface area contributed by atoms with E-state index >= 15 is 0 Å². The molecule has 7 N–H and O–H groups in total. The van der Waals surface area contributed by atoms with Crippen LogP contribution in [0.5, 0.6) is 11.5 Å². The zero-order valence-corrected chi connectivity index (χ0v) is 30.1. The van der Waals surface area contributed by atoms with Gasteiger partial charge in [0.15, 0.2) is 0 Å². The Balaban J connectivity index is 0.00000338. The summed E-state index contributed by atoms with van der Waals surface area (Å²) in [7, 11) is -4.33. The molecule has 2 aromatic rings. The first-order valence-corrected chi connectivity index (χ1v) is 19.4. The van der Waals surface area contributed by atoms with Crippen molar-refractivity contribution in [2.75, 3.05) is 26.7 Å². The fourth-order valence-corrected chi connectivity index (χ4v) is 9.02. The molecule has 0 bridgehead atoms. The van der Waals surface area contributed by atoms with Crippen LogP contribution in [0.15, 0.2) is 52.7 Å². The highest BCUT2D eigenvalue weighted by molar-refractivity contribution is 7.80. The average molecular weight is 752 g/mol. The van der Waals surface area contributed by atoms with E-state index in [0.29, 0.717) is 53.9 Å². The van der Waals surface area contributed by atoms with Crippen molar-refractivity contribution in [2.24, 2.45) is 27.5 Å². The van der Waals surface area contributed by atoms with Crippen LogP contribution in [0.2, 0.25) is 0 Å². The van der Waals surface area contributed by atoms with Crippen LogP contribution in [0.3, 0.4) is 0 Å². The Kier molecular flexibility index (Phi) is 15.0. The summed E-state index contributed by atoms with van der Waals surface area (Å²) >= 11 is 5.46. The number of hydrogen-bond acceptors (Lipinski definition) is 9. The summed E-state index contributed by atoms with van der Waals surface area (Å²) in [4.78, 5) is 29.7. The number of nitrogens with one attached hydrogen (secondary N) is 2. The highest BCUT2D eigenvalue weighted by Crippen LogP contribution is 2.60. The lowest BCUT2D eigenvalue weighted by Gasteiger charge is -2.49. The van der Waals surface area contributed by atoms with Gasteiger partial charge in [0.1, 0.15) is 11.5 Å². The summed E-state index contributed by atoms with van der Waals surface area (Å²) in [5.74, 6) is 2.80. The largest absolute Gasteiger partial charge is 0.508 e. The lowest BCUT2D eigenvalue weighted by Crippen LogP contribution is -2.43. The maximum Gasteiger partial charge on any atom is 0.363 e. The van der Waals surface area contributed by atoms with Gasteiger partial charge in [-0.1, -0.05) is 40.0 Å². The third-order valence-corrected chi connectivity index (χ3v) is 13.6.